The SMILES string of the molecule is N#Cc1cc([N+](=O)[O-])cn(Cc2csc(Br)c2)c1=O. The zero-order valence-corrected chi connectivity index (χ0v) is 11.8. The lowest BCUT2D eigenvalue weighted by Gasteiger charge is -2.04. The monoisotopic (exact) mass is 339 g/mol. The van der Waals surface area contributed by atoms with Crippen LogP contribution >= 0.6 is 27.3 Å². The summed E-state index contributed by atoms with van der Waals surface area (Å²) in [5, 5.41) is 21.4. The molecule has 0 saturated heterocycles. The Morgan fingerprint density at radius 1 is 1.53 bits per heavy atom. The molecule has 0 radical (unpaired) electrons. The zero-order valence-electron chi connectivity index (χ0n) is 9.37. The second kappa shape index (κ2) is 5.34. The van der Waals surface area contributed by atoms with Crippen LogP contribution in [0, 0.1) is 21.4 Å². The van der Waals surface area contributed by atoms with Gasteiger partial charge >= 0.3 is 0 Å². The topological polar surface area (TPSA) is 88.9 Å². The minimum absolute atomic E-state index is 0.192. The van der Waals surface area contributed by atoms with Crippen LogP contribution in [0.1, 0.15) is 11.1 Å². The lowest BCUT2D eigenvalue weighted by atomic mass is 10.2. The van der Waals surface area contributed by atoms with Gasteiger partial charge in [-0.3, -0.25) is 14.9 Å². The minimum atomic E-state index is -0.625. The van der Waals surface area contributed by atoms with Crippen molar-refractivity contribution in [1.29, 1.82) is 5.26 Å². The predicted molar refractivity (Wildman–Crippen MR) is 73.2 cm³/mol. The van der Waals surface area contributed by atoms with Crippen molar-refractivity contribution in [2.75, 3.05) is 0 Å². The van der Waals surface area contributed by atoms with Gasteiger partial charge in [-0.25, -0.2) is 0 Å². The number of nitriles is 1. The Hall–Kier alpha value is -1.98. The van der Waals surface area contributed by atoms with E-state index in [1.165, 1.54) is 15.9 Å². The molecule has 0 aromatic carbocycles. The van der Waals surface area contributed by atoms with Gasteiger partial charge in [-0.05, 0) is 32.9 Å². The summed E-state index contributed by atoms with van der Waals surface area (Å²) in [5.41, 5.74) is -0.201. The van der Waals surface area contributed by atoms with Gasteiger partial charge in [0.1, 0.15) is 11.6 Å². The third kappa shape index (κ3) is 2.89. The molecule has 2 aromatic heterocycles. The molecule has 0 fully saturated rings. The van der Waals surface area contributed by atoms with Crippen LogP contribution in [0.25, 0.3) is 0 Å². The summed E-state index contributed by atoms with van der Waals surface area (Å²) in [7, 11) is 0. The number of halogens is 1. The van der Waals surface area contributed by atoms with E-state index in [1.54, 1.807) is 6.07 Å². The van der Waals surface area contributed by atoms with E-state index < -0.39 is 10.5 Å². The first kappa shape index (κ1) is 13.5. The van der Waals surface area contributed by atoms with Crippen molar-refractivity contribution in [3.8, 4) is 6.07 Å². The molecule has 0 atom stereocenters. The van der Waals surface area contributed by atoms with Crippen LogP contribution in [-0.4, -0.2) is 9.49 Å². The molecule has 2 heterocycles. The maximum absolute atomic E-state index is 11.9. The standard InChI is InChI=1S/C11H6BrN3O3S/c12-10-1-7(6-19-10)4-14-5-9(15(17)18)2-8(3-13)11(14)16/h1-2,5-6H,4H2. The first-order chi connectivity index (χ1) is 9.01. The van der Waals surface area contributed by atoms with Gasteiger partial charge in [0.05, 0.1) is 21.5 Å². The highest BCUT2D eigenvalue weighted by Gasteiger charge is 2.14. The van der Waals surface area contributed by atoms with E-state index in [0.29, 0.717) is 0 Å². The van der Waals surface area contributed by atoms with Crippen molar-refractivity contribution in [3.63, 3.8) is 0 Å². The highest BCUT2D eigenvalue weighted by atomic mass is 79.9. The van der Waals surface area contributed by atoms with Crippen molar-refractivity contribution >= 4 is 33.0 Å². The molecule has 96 valence electrons. The van der Waals surface area contributed by atoms with E-state index in [0.717, 1.165) is 21.6 Å². The Bertz CT molecular complexity index is 744. The molecule has 6 nitrogen and oxygen atoms in total. The van der Waals surface area contributed by atoms with Crippen LogP contribution in [-0.2, 0) is 6.54 Å². The van der Waals surface area contributed by atoms with Crippen molar-refractivity contribution in [2.45, 2.75) is 6.54 Å². The molecule has 0 saturated carbocycles. The number of hydrogen-bond donors (Lipinski definition) is 0. The molecule has 0 spiro atoms. The molecule has 2 aromatic rings. The Morgan fingerprint density at radius 2 is 2.26 bits per heavy atom. The summed E-state index contributed by atoms with van der Waals surface area (Å²) in [6.07, 6.45) is 1.15. The Morgan fingerprint density at radius 3 is 2.79 bits per heavy atom. The molecule has 19 heavy (non-hydrogen) atoms. The maximum atomic E-state index is 11.9. The molecule has 0 N–H and O–H groups in total. The van der Waals surface area contributed by atoms with E-state index in [4.69, 9.17) is 5.26 Å². The lowest BCUT2D eigenvalue weighted by Crippen LogP contribution is -2.23. The normalized spacial score (nSPS) is 10.1. The van der Waals surface area contributed by atoms with E-state index in [-0.39, 0.29) is 17.8 Å². The zero-order chi connectivity index (χ0) is 14.0. The fourth-order valence-corrected chi connectivity index (χ4v) is 2.74. The van der Waals surface area contributed by atoms with Crippen molar-refractivity contribution in [1.82, 2.24) is 4.57 Å². The summed E-state index contributed by atoms with van der Waals surface area (Å²) in [6, 6.07) is 4.49. The fraction of sp³-hybridized carbons (Fsp3) is 0.0909. The summed E-state index contributed by atoms with van der Waals surface area (Å²) in [6.45, 7) is 0.192. The largest absolute Gasteiger partial charge is 0.303 e. The van der Waals surface area contributed by atoms with E-state index in [1.807, 2.05) is 11.4 Å². The van der Waals surface area contributed by atoms with Gasteiger partial charge in [0.2, 0.25) is 0 Å². The highest BCUT2D eigenvalue weighted by Crippen LogP contribution is 2.21. The van der Waals surface area contributed by atoms with Gasteiger partial charge in [-0.2, -0.15) is 5.26 Å². The quantitative estimate of drug-likeness (QED) is 0.634. The lowest BCUT2D eigenvalue weighted by molar-refractivity contribution is -0.385. The maximum Gasteiger partial charge on any atom is 0.287 e. The summed E-state index contributed by atoms with van der Waals surface area (Å²) in [5.74, 6) is 0. The summed E-state index contributed by atoms with van der Waals surface area (Å²) in [4.78, 5) is 22.0. The van der Waals surface area contributed by atoms with Crippen LogP contribution in [0.5, 0.6) is 0 Å². The van der Waals surface area contributed by atoms with E-state index in [9.17, 15) is 14.9 Å². The molecule has 0 aliphatic rings. The fourth-order valence-electron chi connectivity index (χ4n) is 1.54. The second-order valence-electron chi connectivity index (χ2n) is 3.67. The Labute approximate surface area is 119 Å². The number of pyridine rings is 1. The number of rotatable bonds is 3. The molecule has 0 bridgehead atoms. The van der Waals surface area contributed by atoms with Gasteiger partial charge in [-0.15, -0.1) is 11.3 Å². The van der Waals surface area contributed by atoms with Crippen molar-refractivity contribution in [2.24, 2.45) is 0 Å². The molecule has 2 rings (SSSR count). The Balaban J connectivity index is 2.50. The molecule has 0 aliphatic heterocycles. The second-order valence-corrected chi connectivity index (χ2v) is 5.96. The molecule has 8 heteroatoms. The van der Waals surface area contributed by atoms with Crippen molar-refractivity contribution < 1.29 is 4.92 Å². The van der Waals surface area contributed by atoms with Crippen molar-refractivity contribution in [3.05, 3.63) is 59.1 Å². The highest BCUT2D eigenvalue weighted by molar-refractivity contribution is 9.11. The molecule has 0 amide bonds. The third-order valence-electron chi connectivity index (χ3n) is 2.38. The van der Waals surface area contributed by atoms with Crippen LogP contribution in [0.3, 0.4) is 0 Å². The van der Waals surface area contributed by atoms with Gasteiger partial charge < -0.3 is 4.57 Å². The van der Waals surface area contributed by atoms with Gasteiger partial charge in [0.15, 0.2) is 0 Å². The van der Waals surface area contributed by atoms with E-state index in [2.05, 4.69) is 15.9 Å². The van der Waals surface area contributed by atoms with Crippen LogP contribution < -0.4 is 5.56 Å². The first-order valence-electron chi connectivity index (χ1n) is 5.03. The minimum Gasteiger partial charge on any atom is -0.303 e. The average Bonchev–Trinajstić information content (AvgIpc) is 2.77. The van der Waals surface area contributed by atoms with Gasteiger partial charge in [0, 0.05) is 6.07 Å². The third-order valence-corrected chi connectivity index (χ3v) is 3.93. The van der Waals surface area contributed by atoms with Crippen LogP contribution in [0.2, 0.25) is 0 Å². The van der Waals surface area contributed by atoms with Gasteiger partial charge in [0.25, 0.3) is 11.2 Å². The molecule has 0 aliphatic carbocycles. The summed E-state index contributed by atoms with van der Waals surface area (Å²) >= 11 is 4.75. The number of aromatic nitrogens is 1. The number of nitrogens with zero attached hydrogens (tertiary/aromatic N) is 3. The first-order valence-corrected chi connectivity index (χ1v) is 6.70. The Kier molecular flexibility index (Phi) is 3.78. The predicted octanol–water partition coefficient (Wildman–Crippen LogP) is 2.50. The van der Waals surface area contributed by atoms with Gasteiger partial charge in [-0.1, -0.05) is 0 Å². The van der Waals surface area contributed by atoms with E-state index >= 15 is 0 Å². The molecular weight excluding hydrogens is 334 g/mol. The number of hydrogen-bond acceptors (Lipinski definition) is 5. The number of nitro groups is 1. The smallest absolute Gasteiger partial charge is 0.287 e. The average molecular weight is 340 g/mol. The summed E-state index contributed by atoms with van der Waals surface area (Å²) < 4.78 is 2.08. The van der Waals surface area contributed by atoms with Crippen LogP contribution in [0.15, 0.2) is 32.3 Å². The number of thiophene rings is 1. The van der Waals surface area contributed by atoms with Crippen LogP contribution in [0.4, 0.5) is 5.69 Å². The molecular formula is C11H6BrN3O3S. The molecule has 0 unspecified atom stereocenters.